The number of hydrogen-bond acceptors (Lipinski definition) is 3. The van der Waals surface area contributed by atoms with Crippen molar-refractivity contribution in [2.45, 2.75) is 13.1 Å². The van der Waals surface area contributed by atoms with Crippen molar-refractivity contribution in [3.05, 3.63) is 45.9 Å². The lowest BCUT2D eigenvalue weighted by atomic mass is 10.3. The average Bonchev–Trinajstić information content (AvgIpc) is 2.88. The molecule has 0 saturated heterocycles. The fourth-order valence-electron chi connectivity index (χ4n) is 1.35. The summed E-state index contributed by atoms with van der Waals surface area (Å²) in [6.07, 6.45) is 5.44. The van der Waals surface area contributed by atoms with Gasteiger partial charge in [-0.05, 0) is 12.1 Å². The van der Waals surface area contributed by atoms with E-state index < -0.39 is 0 Å². The van der Waals surface area contributed by atoms with Crippen molar-refractivity contribution in [3.8, 4) is 0 Å². The summed E-state index contributed by atoms with van der Waals surface area (Å²) in [5.41, 5.74) is 1.14. The topological polar surface area (TPSA) is 29.9 Å². The van der Waals surface area contributed by atoms with E-state index in [4.69, 9.17) is 11.6 Å². The van der Waals surface area contributed by atoms with E-state index in [1.54, 1.807) is 22.2 Å². The van der Waals surface area contributed by atoms with Gasteiger partial charge in [0.1, 0.15) is 0 Å². The maximum Gasteiger partial charge on any atom is 0.0931 e. The van der Waals surface area contributed by atoms with Crippen molar-refractivity contribution in [1.29, 1.82) is 0 Å². The summed E-state index contributed by atoms with van der Waals surface area (Å²) < 4.78 is 2.52. The van der Waals surface area contributed by atoms with Gasteiger partial charge in [0.2, 0.25) is 0 Å². The molecule has 0 saturated carbocycles. The van der Waals surface area contributed by atoms with Gasteiger partial charge in [0.15, 0.2) is 0 Å². The van der Waals surface area contributed by atoms with Gasteiger partial charge in [0.05, 0.1) is 10.5 Å². The van der Waals surface area contributed by atoms with Gasteiger partial charge in [-0.15, -0.1) is 11.3 Å². The quantitative estimate of drug-likeness (QED) is 0.888. The van der Waals surface area contributed by atoms with Crippen LogP contribution in [0.2, 0.25) is 4.34 Å². The van der Waals surface area contributed by atoms with Crippen molar-refractivity contribution in [2.24, 2.45) is 0 Å². The van der Waals surface area contributed by atoms with Crippen LogP contribution in [0, 0.1) is 0 Å². The highest BCUT2D eigenvalue weighted by Gasteiger charge is 1.99. The molecule has 0 aliphatic heterocycles. The summed E-state index contributed by atoms with van der Waals surface area (Å²) in [5, 5.41) is 7.44. The molecule has 1 N–H and O–H groups in total. The van der Waals surface area contributed by atoms with E-state index in [-0.39, 0.29) is 0 Å². The molecule has 0 unspecified atom stereocenters. The predicted octanol–water partition coefficient (Wildman–Crippen LogP) is 2.99. The minimum atomic E-state index is 0.795. The summed E-state index contributed by atoms with van der Waals surface area (Å²) in [5.74, 6) is 0. The monoisotopic (exact) mass is 253 g/mol. The number of hydrogen-bond donors (Lipinski definition) is 1. The van der Waals surface area contributed by atoms with Gasteiger partial charge < -0.3 is 5.32 Å². The van der Waals surface area contributed by atoms with E-state index in [9.17, 15) is 0 Å². The molecule has 0 radical (unpaired) electrons. The van der Waals surface area contributed by atoms with Gasteiger partial charge in [-0.2, -0.15) is 5.10 Å². The molecule has 0 fully saturated rings. The molecule has 0 bridgehead atoms. The second kappa shape index (κ2) is 5.30. The molecule has 2 aromatic heterocycles. The van der Waals surface area contributed by atoms with Crippen LogP contribution < -0.4 is 5.32 Å². The second-order valence-corrected chi connectivity index (χ2v) is 5.12. The van der Waals surface area contributed by atoms with E-state index in [1.807, 2.05) is 24.5 Å². The fourth-order valence-corrected chi connectivity index (χ4v) is 2.40. The summed E-state index contributed by atoms with van der Waals surface area (Å²) >= 11 is 7.44. The average molecular weight is 254 g/mol. The van der Waals surface area contributed by atoms with Crippen LogP contribution in [0.4, 0.5) is 0 Å². The lowest BCUT2D eigenvalue weighted by Crippen LogP contribution is -2.11. The number of nitrogens with one attached hydrogen (secondary N) is 1. The zero-order valence-corrected chi connectivity index (χ0v) is 10.3. The number of nitrogens with zero attached hydrogens (tertiary/aromatic N) is 2. The van der Waals surface area contributed by atoms with E-state index >= 15 is 0 Å². The molecule has 84 valence electrons. The van der Waals surface area contributed by atoms with E-state index in [2.05, 4.69) is 17.0 Å². The Morgan fingerprint density at radius 2 is 2.38 bits per heavy atom. The zero-order valence-electron chi connectivity index (χ0n) is 8.69. The first-order valence-electron chi connectivity index (χ1n) is 4.88. The van der Waals surface area contributed by atoms with Crippen LogP contribution in [-0.2, 0) is 13.1 Å². The summed E-state index contributed by atoms with van der Waals surface area (Å²) in [6, 6.07) is 3.95. The zero-order chi connectivity index (χ0) is 11.4. The van der Waals surface area contributed by atoms with Crippen molar-refractivity contribution < 1.29 is 0 Å². The van der Waals surface area contributed by atoms with Crippen LogP contribution in [-0.4, -0.2) is 9.78 Å². The lowest BCUT2D eigenvalue weighted by molar-refractivity contribution is 0.701. The molecular formula is C11H12ClN3S. The predicted molar refractivity (Wildman–Crippen MR) is 68.5 cm³/mol. The fraction of sp³-hybridized carbons (Fsp3) is 0.182. The number of rotatable bonds is 5. The maximum atomic E-state index is 5.84. The van der Waals surface area contributed by atoms with Crippen molar-refractivity contribution in [1.82, 2.24) is 15.1 Å². The Labute approximate surface area is 103 Å². The summed E-state index contributed by atoms with van der Waals surface area (Å²) in [4.78, 5) is 1.24. The highest BCUT2D eigenvalue weighted by atomic mass is 35.5. The molecule has 0 aliphatic carbocycles. The molecular weight excluding hydrogens is 242 g/mol. The van der Waals surface area contributed by atoms with Crippen LogP contribution in [0.3, 0.4) is 0 Å². The van der Waals surface area contributed by atoms with Crippen LogP contribution >= 0.6 is 22.9 Å². The Morgan fingerprint density at radius 1 is 1.50 bits per heavy atom. The Kier molecular flexibility index (Phi) is 3.77. The van der Waals surface area contributed by atoms with Gasteiger partial charge in [0, 0.05) is 35.9 Å². The molecule has 0 aromatic carbocycles. The largest absolute Gasteiger partial charge is 0.308 e. The molecule has 3 nitrogen and oxygen atoms in total. The standard InChI is InChI=1S/C11H12ClN3S/c1-2-15-8-9(6-14-15)5-13-7-10-3-4-11(12)16-10/h2-4,6,8,13H,1,5,7H2. The Hall–Kier alpha value is -1.10. The molecule has 2 heterocycles. The Bertz CT molecular complexity index is 475. The van der Waals surface area contributed by atoms with Crippen molar-refractivity contribution in [2.75, 3.05) is 0 Å². The Morgan fingerprint density at radius 3 is 3.00 bits per heavy atom. The SMILES string of the molecule is C=Cn1cc(CNCc2ccc(Cl)s2)cn1. The number of aromatic nitrogens is 2. The van der Waals surface area contributed by atoms with Gasteiger partial charge in [-0.3, -0.25) is 0 Å². The third-order valence-electron chi connectivity index (χ3n) is 2.10. The van der Waals surface area contributed by atoms with Crippen LogP contribution in [0.5, 0.6) is 0 Å². The second-order valence-electron chi connectivity index (χ2n) is 3.32. The maximum absolute atomic E-state index is 5.84. The third kappa shape index (κ3) is 2.95. The minimum Gasteiger partial charge on any atom is -0.308 e. The molecule has 5 heteroatoms. The first-order chi connectivity index (χ1) is 7.78. The minimum absolute atomic E-state index is 0.795. The van der Waals surface area contributed by atoms with Crippen LogP contribution in [0.15, 0.2) is 31.1 Å². The molecule has 0 atom stereocenters. The van der Waals surface area contributed by atoms with Crippen molar-refractivity contribution in [3.63, 3.8) is 0 Å². The summed E-state index contributed by atoms with van der Waals surface area (Å²) in [6.45, 7) is 5.27. The lowest BCUT2D eigenvalue weighted by Gasteiger charge is -1.99. The summed E-state index contributed by atoms with van der Waals surface area (Å²) in [7, 11) is 0. The number of halogens is 1. The van der Waals surface area contributed by atoms with E-state index in [0.717, 1.165) is 23.0 Å². The van der Waals surface area contributed by atoms with Gasteiger partial charge in [-0.1, -0.05) is 18.2 Å². The third-order valence-corrected chi connectivity index (χ3v) is 3.33. The van der Waals surface area contributed by atoms with Crippen LogP contribution in [0.25, 0.3) is 6.20 Å². The normalized spacial score (nSPS) is 10.6. The number of thiophene rings is 1. The molecule has 0 amide bonds. The van der Waals surface area contributed by atoms with Gasteiger partial charge in [-0.25, -0.2) is 4.68 Å². The first-order valence-corrected chi connectivity index (χ1v) is 6.08. The van der Waals surface area contributed by atoms with Gasteiger partial charge in [0.25, 0.3) is 0 Å². The molecule has 0 spiro atoms. The molecule has 0 aliphatic rings. The van der Waals surface area contributed by atoms with E-state index in [1.165, 1.54) is 4.88 Å². The van der Waals surface area contributed by atoms with Crippen molar-refractivity contribution >= 4 is 29.1 Å². The smallest absolute Gasteiger partial charge is 0.0931 e. The molecule has 2 aromatic rings. The highest BCUT2D eigenvalue weighted by Crippen LogP contribution is 2.21. The first kappa shape index (κ1) is 11.4. The Balaban J connectivity index is 1.81. The molecule has 2 rings (SSSR count). The highest BCUT2D eigenvalue weighted by molar-refractivity contribution is 7.16. The van der Waals surface area contributed by atoms with E-state index in [0.29, 0.717) is 0 Å². The molecule has 16 heavy (non-hydrogen) atoms. The van der Waals surface area contributed by atoms with Crippen LogP contribution in [0.1, 0.15) is 10.4 Å². The van der Waals surface area contributed by atoms with Gasteiger partial charge >= 0.3 is 0 Å².